The Labute approximate surface area is 134 Å². The number of nitrogens with one attached hydrogen (secondary N) is 1. The molecule has 23 heavy (non-hydrogen) atoms. The molecule has 0 fully saturated rings. The number of fused-ring (bicyclic) bond motifs is 1. The highest BCUT2D eigenvalue weighted by molar-refractivity contribution is 6.05. The average molecular weight is 305 g/mol. The molecule has 1 unspecified atom stereocenters. The van der Waals surface area contributed by atoms with Crippen molar-refractivity contribution < 1.29 is 9.59 Å². The van der Waals surface area contributed by atoms with Gasteiger partial charge < -0.3 is 10.2 Å². The molecule has 0 radical (unpaired) electrons. The first-order valence-electron chi connectivity index (χ1n) is 7.26. The first-order valence-corrected chi connectivity index (χ1v) is 7.26. The topological polar surface area (TPSA) is 73.2 Å². The zero-order valence-corrected chi connectivity index (χ0v) is 12.6. The van der Waals surface area contributed by atoms with Crippen LogP contribution in [0.5, 0.6) is 0 Å². The maximum absolute atomic E-state index is 12.6. The normalized spacial score (nSPS) is 16.4. The van der Waals surface area contributed by atoms with Crippen LogP contribution in [0, 0.1) is 11.3 Å². The van der Waals surface area contributed by atoms with E-state index >= 15 is 0 Å². The fourth-order valence-corrected chi connectivity index (χ4v) is 2.73. The minimum absolute atomic E-state index is 0.0799. The van der Waals surface area contributed by atoms with E-state index in [9.17, 15) is 9.59 Å². The van der Waals surface area contributed by atoms with Crippen LogP contribution in [0.1, 0.15) is 23.5 Å². The molecule has 0 saturated carbocycles. The lowest BCUT2D eigenvalue weighted by atomic mass is 9.89. The number of carbonyl (C=O) groups excluding carboxylic acids is 2. The molecule has 0 aliphatic carbocycles. The summed E-state index contributed by atoms with van der Waals surface area (Å²) in [6.07, 6.45) is 0.148. The van der Waals surface area contributed by atoms with E-state index in [0.29, 0.717) is 11.3 Å². The molecule has 1 atom stereocenters. The SMILES string of the molecule is CN1C(=O)CC(C(=O)Nc2ccc(C#N)cc2)c2ccccc21. The number of rotatable bonds is 2. The Balaban J connectivity index is 1.86. The average Bonchev–Trinajstić information content (AvgIpc) is 2.58. The van der Waals surface area contributed by atoms with Gasteiger partial charge in [-0.15, -0.1) is 0 Å². The van der Waals surface area contributed by atoms with Crippen LogP contribution < -0.4 is 10.2 Å². The van der Waals surface area contributed by atoms with Crippen LogP contribution in [0.3, 0.4) is 0 Å². The zero-order valence-electron chi connectivity index (χ0n) is 12.6. The van der Waals surface area contributed by atoms with E-state index in [1.54, 1.807) is 36.2 Å². The van der Waals surface area contributed by atoms with Crippen LogP contribution in [0.4, 0.5) is 11.4 Å². The van der Waals surface area contributed by atoms with Gasteiger partial charge in [-0.2, -0.15) is 5.26 Å². The monoisotopic (exact) mass is 305 g/mol. The largest absolute Gasteiger partial charge is 0.326 e. The van der Waals surface area contributed by atoms with Crippen molar-refractivity contribution in [3.8, 4) is 6.07 Å². The predicted octanol–water partition coefficient (Wildman–Crippen LogP) is 2.65. The van der Waals surface area contributed by atoms with Gasteiger partial charge in [0.1, 0.15) is 0 Å². The lowest BCUT2D eigenvalue weighted by Gasteiger charge is -2.30. The number of hydrogen-bond donors (Lipinski definition) is 1. The summed E-state index contributed by atoms with van der Waals surface area (Å²) in [4.78, 5) is 26.3. The Hall–Kier alpha value is -3.13. The fourth-order valence-electron chi connectivity index (χ4n) is 2.73. The van der Waals surface area contributed by atoms with Crippen molar-refractivity contribution in [2.75, 3.05) is 17.3 Å². The number of para-hydroxylation sites is 1. The molecule has 1 N–H and O–H groups in total. The van der Waals surface area contributed by atoms with Crippen LogP contribution in [0.2, 0.25) is 0 Å². The number of nitriles is 1. The van der Waals surface area contributed by atoms with E-state index in [1.165, 1.54) is 0 Å². The zero-order chi connectivity index (χ0) is 16.4. The van der Waals surface area contributed by atoms with Crippen LogP contribution in [-0.4, -0.2) is 18.9 Å². The number of benzene rings is 2. The van der Waals surface area contributed by atoms with E-state index in [0.717, 1.165) is 11.3 Å². The molecule has 0 saturated heterocycles. The molecule has 5 heteroatoms. The minimum atomic E-state index is -0.509. The second-order valence-corrected chi connectivity index (χ2v) is 5.45. The number of anilines is 2. The highest BCUT2D eigenvalue weighted by atomic mass is 16.2. The third-order valence-corrected chi connectivity index (χ3v) is 4.02. The van der Waals surface area contributed by atoms with Gasteiger partial charge in [0.25, 0.3) is 0 Å². The molecule has 1 heterocycles. The van der Waals surface area contributed by atoms with Crippen molar-refractivity contribution in [1.82, 2.24) is 0 Å². The predicted molar refractivity (Wildman–Crippen MR) is 87.0 cm³/mol. The summed E-state index contributed by atoms with van der Waals surface area (Å²) in [5.74, 6) is -0.808. The van der Waals surface area contributed by atoms with Gasteiger partial charge in [-0.3, -0.25) is 9.59 Å². The molecule has 1 aliphatic rings. The summed E-state index contributed by atoms with van der Waals surface area (Å²) < 4.78 is 0. The van der Waals surface area contributed by atoms with E-state index in [4.69, 9.17) is 5.26 Å². The van der Waals surface area contributed by atoms with E-state index in [1.807, 2.05) is 30.3 Å². The second kappa shape index (κ2) is 5.93. The Morgan fingerprint density at radius 2 is 1.91 bits per heavy atom. The lowest BCUT2D eigenvalue weighted by molar-refractivity contribution is -0.124. The van der Waals surface area contributed by atoms with Gasteiger partial charge in [0, 0.05) is 24.8 Å². The first-order chi connectivity index (χ1) is 11.1. The van der Waals surface area contributed by atoms with E-state index in [2.05, 4.69) is 5.32 Å². The summed E-state index contributed by atoms with van der Waals surface area (Å²) in [6, 6.07) is 16.1. The molecule has 0 spiro atoms. The summed E-state index contributed by atoms with van der Waals surface area (Å²) in [7, 11) is 1.72. The molecule has 2 amide bonds. The fraction of sp³-hybridized carbons (Fsp3) is 0.167. The van der Waals surface area contributed by atoms with Gasteiger partial charge in [0.2, 0.25) is 11.8 Å². The van der Waals surface area contributed by atoms with Crippen molar-refractivity contribution in [2.45, 2.75) is 12.3 Å². The third-order valence-electron chi connectivity index (χ3n) is 4.02. The van der Waals surface area contributed by atoms with Gasteiger partial charge in [-0.05, 0) is 35.9 Å². The number of hydrogen-bond acceptors (Lipinski definition) is 3. The molecular formula is C18H15N3O2. The van der Waals surface area contributed by atoms with Crippen LogP contribution in [0.15, 0.2) is 48.5 Å². The van der Waals surface area contributed by atoms with E-state index in [-0.39, 0.29) is 18.2 Å². The summed E-state index contributed by atoms with van der Waals surface area (Å²) in [6.45, 7) is 0. The van der Waals surface area contributed by atoms with Crippen molar-refractivity contribution in [2.24, 2.45) is 0 Å². The van der Waals surface area contributed by atoms with Crippen molar-refractivity contribution in [3.63, 3.8) is 0 Å². The standard InChI is InChI=1S/C18H15N3O2/c1-21-16-5-3-2-4-14(16)15(10-17(21)22)18(23)20-13-8-6-12(11-19)7-9-13/h2-9,15H,10H2,1H3,(H,20,23). The second-order valence-electron chi connectivity index (χ2n) is 5.45. The Morgan fingerprint density at radius 3 is 2.61 bits per heavy atom. The van der Waals surface area contributed by atoms with Gasteiger partial charge in [-0.1, -0.05) is 18.2 Å². The number of amides is 2. The maximum Gasteiger partial charge on any atom is 0.232 e. The third kappa shape index (κ3) is 2.79. The highest BCUT2D eigenvalue weighted by Crippen LogP contribution is 2.35. The van der Waals surface area contributed by atoms with Gasteiger partial charge in [-0.25, -0.2) is 0 Å². The molecule has 0 bridgehead atoms. The minimum Gasteiger partial charge on any atom is -0.326 e. The quantitative estimate of drug-likeness (QED) is 0.927. The Bertz CT molecular complexity index is 806. The van der Waals surface area contributed by atoms with Gasteiger partial charge in [0.15, 0.2) is 0 Å². The molecule has 2 aromatic carbocycles. The summed E-state index contributed by atoms with van der Waals surface area (Å²) in [5.41, 5.74) is 2.75. The Morgan fingerprint density at radius 1 is 1.22 bits per heavy atom. The molecule has 0 aromatic heterocycles. The van der Waals surface area contributed by atoms with Crippen molar-refractivity contribution in [1.29, 1.82) is 5.26 Å². The van der Waals surface area contributed by atoms with Crippen LogP contribution >= 0.6 is 0 Å². The lowest BCUT2D eigenvalue weighted by Crippen LogP contribution is -2.37. The van der Waals surface area contributed by atoms with Crippen LogP contribution in [-0.2, 0) is 9.59 Å². The molecule has 3 rings (SSSR count). The number of carbonyl (C=O) groups is 2. The van der Waals surface area contributed by atoms with Crippen LogP contribution in [0.25, 0.3) is 0 Å². The maximum atomic E-state index is 12.6. The molecule has 2 aromatic rings. The van der Waals surface area contributed by atoms with Crippen molar-refractivity contribution in [3.05, 3.63) is 59.7 Å². The highest BCUT2D eigenvalue weighted by Gasteiger charge is 2.33. The smallest absolute Gasteiger partial charge is 0.232 e. The molecular weight excluding hydrogens is 290 g/mol. The van der Waals surface area contributed by atoms with Crippen molar-refractivity contribution >= 4 is 23.2 Å². The molecule has 1 aliphatic heterocycles. The summed E-state index contributed by atoms with van der Waals surface area (Å²) >= 11 is 0. The van der Waals surface area contributed by atoms with Gasteiger partial charge in [0.05, 0.1) is 17.6 Å². The summed E-state index contributed by atoms with van der Waals surface area (Å²) in [5, 5.41) is 11.6. The molecule has 114 valence electrons. The Kier molecular flexibility index (Phi) is 3.82. The molecule has 5 nitrogen and oxygen atoms in total. The van der Waals surface area contributed by atoms with E-state index < -0.39 is 5.92 Å². The number of nitrogens with zero attached hydrogens (tertiary/aromatic N) is 2. The first kappa shape index (κ1) is 14.8. The van der Waals surface area contributed by atoms with Gasteiger partial charge >= 0.3 is 0 Å².